The SMILES string of the molecule is O=C(CN(CCCO)C1CCc2ccccc21)NC1CCCC1. The molecule has 1 atom stereocenters. The zero-order valence-corrected chi connectivity index (χ0v) is 13.8. The van der Waals surface area contributed by atoms with Gasteiger partial charge in [-0.05, 0) is 43.2 Å². The van der Waals surface area contributed by atoms with Crippen LogP contribution < -0.4 is 5.32 Å². The minimum absolute atomic E-state index is 0.138. The molecule has 3 rings (SSSR count). The summed E-state index contributed by atoms with van der Waals surface area (Å²) in [6, 6.07) is 9.24. The average Bonchev–Trinajstić information content (AvgIpc) is 3.20. The van der Waals surface area contributed by atoms with Gasteiger partial charge in [-0.15, -0.1) is 0 Å². The Morgan fingerprint density at radius 3 is 2.78 bits per heavy atom. The van der Waals surface area contributed by atoms with Gasteiger partial charge in [-0.3, -0.25) is 9.69 Å². The summed E-state index contributed by atoms with van der Waals surface area (Å²) in [4.78, 5) is 14.7. The molecule has 4 nitrogen and oxygen atoms in total. The number of aliphatic hydroxyl groups is 1. The highest BCUT2D eigenvalue weighted by molar-refractivity contribution is 5.78. The number of nitrogens with zero attached hydrogens (tertiary/aromatic N) is 1. The summed E-state index contributed by atoms with van der Waals surface area (Å²) < 4.78 is 0. The zero-order valence-electron chi connectivity index (χ0n) is 13.8. The van der Waals surface area contributed by atoms with Crippen LogP contribution in [0, 0.1) is 0 Å². The number of hydrogen-bond donors (Lipinski definition) is 2. The van der Waals surface area contributed by atoms with Gasteiger partial charge in [0.25, 0.3) is 0 Å². The van der Waals surface area contributed by atoms with Gasteiger partial charge in [0.1, 0.15) is 0 Å². The molecule has 1 aromatic rings. The van der Waals surface area contributed by atoms with E-state index in [0.717, 1.165) is 38.6 Å². The second kappa shape index (κ2) is 7.93. The Morgan fingerprint density at radius 2 is 2.00 bits per heavy atom. The second-order valence-electron chi connectivity index (χ2n) is 6.85. The van der Waals surface area contributed by atoms with Gasteiger partial charge < -0.3 is 10.4 Å². The third-order valence-electron chi connectivity index (χ3n) is 5.21. The molecule has 0 spiro atoms. The second-order valence-corrected chi connectivity index (χ2v) is 6.85. The van der Waals surface area contributed by atoms with E-state index in [1.807, 2.05) is 0 Å². The van der Waals surface area contributed by atoms with Crippen molar-refractivity contribution in [2.24, 2.45) is 0 Å². The molecule has 0 bridgehead atoms. The maximum atomic E-state index is 12.4. The predicted octanol–water partition coefficient (Wildman–Crippen LogP) is 2.42. The first-order valence-electron chi connectivity index (χ1n) is 9.00. The zero-order chi connectivity index (χ0) is 16.1. The topological polar surface area (TPSA) is 52.6 Å². The van der Waals surface area contributed by atoms with Crippen molar-refractivity contribution in [1.82, 2.24) is 10.2 Å². The van der Waals surface area contributed by atoms with Crippen molar-refractivity contribution in [1.29, 1.82) is 0 Å². The molecule has 2 aliphatic rings. The number of nitrogens with one attached hydrogen (secondary N) is 1. The van der Waals surface area contributed by atoms with Gasteiger partial charge in [0.2, 0.25) is 5.91 Å². The van der Waals surface area contributed by atoms with Gasteiger partial charge in [-0.1, -0.05) is 37.1 Å². The van der Waals surface area contributed by atoms with Crippen LogP contribution in [0.5, 0.6) is 0 Å². The first-order chi connectivity index (χ1) is 11.3. The summed E-state index contributed by atoms with van der Waals surface area (Å²) in [6.07, 6.45) is 7.57. The lowest BCUT2D eigenvalue weighted by atomic mass is 10.1. The molecular weight excluding hydrogens is 288 g/mol. The monoisotopic (exact) mass is 316 g/mol. The largest absolute Gasteiger partial charge is 0.396 e. The molecule has 0 heterocycles. The molecule has 23 heavy (non-hydrogen) atoms. The van der Waals surface area contributed by atoms with Crippen molar-refractivity contribution in [3.8, 4) is 0 Å². The van der Waals surface area contributed by atoms with Crippen molar-refractivity contribution < 1.29 is 9.90 Å². The summed E-state index contributed by atoms with van der Waals surface area (Å²) in [5, 5.41) is 12.4. The van der Waals surface area contributed by atoms with Gasteiger partial charge in [0, 0.05) is 25.2 Å². The molecule has 2 N–H and O–H groups in total. The first-order valence-corrected chi connectivity index (χ1v) is 9.00. The van der Waals surface area contributed by atoms with E-state index in [1.54, 1.807) is 0 Å². The highest BCUT2D eigenvalue weighted by Gasteiger charge is 2.29. The Kier molecular flexibility index (Phi) is 5.68. The Balaban J connectivity index is 1.64. The Bertz CT molecular complexity index is 526. The lowest BCUT2D eigenvalue weighted by Crippen LogP contribution is -2.42. The van der Waals surface area contributed by atoms with Crippen LogP contribution in [0.2, 0.25) is 0 Å². The van der Waals surface area contributed by atoms with E-state index in [-0.39, 0.29) is 12.5 Å². The smallest absolute Gasteiger partial charge is 0.234 e. The molecule has 0 radical (unpaired) electrons. The molecule has 0 aliphatic heterocycles. The fourth-order valence-electron chi connectivity index (χ4n) is 4.06. The van der Waals surface area contributed by atoms with Crippen LogP contribution in [0.3, 0.4) is 0 Å². The minimum atomic E-state index is 0.138. The van der Waals surface area contributed by atoms with E-state index >= 15 is 0 Å². The highest BCUT2D eigenvalue weighted by Crippen LogP contribution is 2.35. The number of amides is 1. The minimum Gasteiger partial charge on any atom is -0.396 e. The summed E-state index contributed by atoms with van der Waals surface area (Å²) in [7, 11) is 0. The van der Waals surface area contributed by atoms with Gasteiger partial charge >= 0.3 is 0 Å². The number of rotatable bonds is 7. The van der Waals surface area contributed by atoms with Gasteiger partial charge in [0.05, 0.1) is 6.54 Å². The van der Waals surface area contributed by atoms with Crippen molar-refractivity contribution in [3.05, 3.63) is 35.4 Å². The Morgan fingerprint density at radius 1 is 1.22 bits per heavy atom. The molecule has 1 fully saturated rings. The number of carbonyl (C=O) groups excluding carboxylic acids is 1. The van der Waals surface area contributed by atoms with Gasteiger partial charge in [-0.2, -0.15) is 0 Å². The van der Waals surface area contributed by atoms with Crippen molar-refractivity contribution >= 4 is 5.91 Å². The number of hydrogen-bond acceptors (Lipinski definition) is 3. The third-order valence-corrected chi connectivity index (χ3v) is 5.21. The average molecular weight is 316 g/mol. The highest BCUT2D eigenvalue weighted by atomic mass is 16.3. The number of aliphatic hydroxyl groups excluding tert-OH is 1. The Hall–Kier alpha value is -1.39. The van der Waals surface area contributed by atoms with E-state index in [4.69, 9.17) is 0 Å². The maximum Gasteiger partial charge on any atom is 0.234 e. The lowest BCUT2D eigenvalue weighted by Gasteiger charge is -2.29. The van der Waals surface area contributed by atoms with E-state index < -0.39 is 0 Å². The van der Waals surface area contributed by atoms with Gasteiger partial charge in [0.15, 0.2) is 0 Å². The molecule has 1 amide bonds. The fraction of sp³-hybridized carbons (Fsp3) is 0.632. The number of carbonyl (C=O) groups is 1. The van der Waals surface area contributed by atoms with Crippen molar-refractivity contribution in [3.63, 3.8) is 0 Å². The maximum absolute atomic E-state index is 12.4. The third kappa shape index (κ3) is 4.12. The summed E-state index contributed by atoms with van der Waals surface area (Å²) >= 11 is 0. The molecule has 1 unspecified atom stereocenters. The van der Waals surface area contributed by atoms with Crippen LogP contribution in [0.1, 0.15) is 55.7 Å². The van der Waals surface area contributed by atoms with Crippen LogP contribution in [-0.4, -0.2) is 41.7 Å². The predicted molar refractivity (Wildman–Crippen MR) is 91.2 cm³/mol. The van der Waals surface area contributed by atoms with E-state index in [1.165, 1.54) is 24.0 Å². The van der Waals surface area contributed by atoms with Crippen LogP contribution in [0.15, 0.2) is 24.3 Å². The fourth-order valence-corrected chi connectivity index (χ4v) is 4.06. The van der Waals surface area contributed by atoms with Crippen molar-refractivity contribution in [2.45, 2.75) is 57.0 Å². The lowest BCUT2D eigenvalue weighted by molar-refractivity contribution is -0.123. The van der Waals surface area contributed by atoms with Crippen LogP contribution in [-0.2, 0) is 11.2 Å². The molecule has 0 aromatic heterocycles. The van der Waals surface area contributed by atoms with E-state index in [0.29, 0.717) is 18.6 Å². The molecule has 2 aliphatic carbocycles. The van der Waals surface area contributed by atoms with Crippen LogP contribution >= 0.6 is 0 Å². The summed E-state index contributed by atoms with van der Waals surface area (Å²) in [5.74, 6) is 0.138. The quantitative estimate of drug-likeness (QED) is 0.812. The number of fused-ring (bicyclic) bond motifs is 1. The van der Waals surface area contributed by atoms with Crippen LogP contribution in [0.4, 0.5) is 0 Å². The molecule has 126 valence electrons. The van der Waals surface area contributed by atoms with Crippen LogP contribution in [0.25, 0.3) is 0 Å². The molecule has 0 saturated heterocycles. The normalized spacial score (nSPS) is 20.9. The number of aryl methyl sites for hydroxylation is 1. The molecule has 1 saturated carbocycles. The van der Waals surface area contributed by atoms with Crippen molar-refractivity contribution in [2.75, 3.05) is 19.7 Å². The van der Waals surface area contributed by atoms with Gasteiger partial charge in [-0.25, -0.2) is 0 Å². The molecule has 1 aromatic carbocycles. The Labute approximate surface area is 138 Å². The van der Waals surface area contributed by atoms with E-state index in [2.05, 4.69) is 34.5 Å². The summed E-state index contributed by atoms with van der Waals surface area (Å²) in [6.45, 7) is 1.39. The van der Waals surface area contributed by atoms with E-state index in [9.17, 15) is 9.90 Å². The molecular formula is C19H28N2O2. The molecule has 4 heteroatoms. The number of benzene rings is 1. The summed E-state index contributed by atoms with van der Waals surface area (Å²) in [5.41, 5.74) is 2.77. The first kappa shape index (κ1) is 16.5. The standard InChI is InChI=1S/C19H28N2O2/c22-13-5-12-21(14-19(23)20-16-7-2-3-8-16)18-11-10-15-6-1-4-9-17(15)18/h1,4,6,9,16,18,22H,2-3,5,7-8,10-14H2,(H,20,23).